The van der Waals surface area contributed by atoms with E-state index in [4.69, 9.17) is 11.6 Å². The number of nitrogens with zero attached hydrogens (tertiary/aromatic N) is 1. The molecule has 1 heterocycles. The number of hydrazine groups is 1. The molecule has 0 spiro atoms. The van der Waals surface area contributed by atoms with E-state index >= 15 is 0 Å². The van der Waals surface area contributed by atoms with Crippen LogP contribution in [-0.4, -0.2) is 11.8 Å². The molecule has 0 radical (unpaired) electrons. The van der Waals surface area contributed by atoms with Gasteiger partial charge in [0.25, 0.3) is 11.8 Å². The van der Waals surface area contributed by atoms with Crippen LogP contribution < -0.4 is 10.4 Å². The first-order valence-electron chi connectivity index (χ1n) is 6.43. The smallest absolute Gasteiger partial charge is 0.267 e. The van der Waals surface area contributed by atoms with E-state index < -0.39 is 17.6 Å². The van der Waals surface area contributed by atoms with Crippen molar-refractivity contribution >= 4 is 35.2 Å². The average molecular weight is 317 g/mol. The Morgan fingerprint density at radius 1 is 1.05 bits per heavy atom. The SMILES string of the molecule is O=C1NN(c2ccc(Cl)cc2)C(=O)C1=Cc1ccccc1F. The summed E-state index contributed by atoms with van der Waals surface area (Å²) in [5, 5.41) is 1.62. The van der Waals surface area contributed by atoms with E-state index in [2.05, 4.69) is 5.43 Å². The predicted octanol–water partition coefficient (Wildman–Crippen LogP) is 2.94. The lowest BCUT2D eigenvalue weighted by Crippen LogP contribution is -2.35. The zero-order valence-electron chi connectivity index (χ0n) is 11.2. The van der Waals surface area contributed by atoms with Gasteiger partial charge in [0.15, 0.2) is 0 Å². The summed E-state index contributed by atoms with van der Waals surface area (Å²) in [6.07, 6.45) is 1.24. The van der Waals surface area contributed by atoms with Crippen molar-refractivity contribution in [2.75, 3.05) is 5.01 Å². The molecule has 2 aromatic carbocycles. The third-order valence-electron chi connectivity index (χ3n) is 3.18. The highest BCUT2D eigenvalue weighted by Gasteiger charge is 2.34. The molecule has 1 aliphatic rings. The van der Waals surface area contributed by atoms with Gasteiger partial charge in [-0.15, -0.1) is 0 Å². The highest BCUT2D eigenvalue weighted by Crippen LogP contribution is 2.23. The fourth-order valence-corrected chi connectivity index (χ4v) is 2.20. The van der Waals surface area contributed by atoms with Crippen LogP contribution in [0.15, 0.2) is 54.1 Å². The van der Waals surface area contributed by atoms with Gasteiger partial charge in [-0.1, -0.05) is 29.8 Å². The summed E-state index contributed by atoms with van der Waals surface area (Å²) in [5.74, 6) is -1.63. The normalized spacial score (nSPS) is 16.3. The quantitative estimate of drug-likeness (QED) is 0.684. The average Bonchev–Trinajstić information content (AvgIpc) is 2.78. The van der Waals surface area contributed by atoms with Gasteiger partial charge in [0.1, 0.15) is 11.4 Å². The number of halogens is 2. The molecule has 0 bridgehead atoms. The summed E-state index contributed by atoms with van der Waals surface area (Å²) in [5.41, 5.74) is 2.97. The summed E-state index contributed by atoms with van der Waals surface area (Å²) in [7, 11) is 0. The summed E-state index contributed by atoms with van der Waals surface area (Å²) in [4.78, 5) is 24.3. The monoisotopic (exact) mass is 316 g/mol. The molecule has 0 atom stereocenters. The second-order valence-corrected chi connectivity index (χ2v) is 5.07. The minimum Gasteiger partial charge on any atom is -0.267 e. The van der Waals surface area contributed by atoms with Crippen LogP contribution in [0.3, 0.4) is 0 Å². The molecule has 1 aliphatic heterocycles. The van der Waals surface area contributed by atoms with E-state index in [1.165, 1.54) is 24.3 Å². The number of nitrogens with one attached hydrogen (secondary N) is 1. The topological polar surface area (TPSA) is 49.4 Å². The van der Waals surface area contributed by atoms with Gasteiger partial charge in [-0.05, 0) is 36.4 Å². The van der Waals surface area contributed by atoms with Crippen molar-refractivity contribution in [2.24, 2.45) is 0 Å². The molecule has 6 heteroatoms. The summed E-state index contributed by atoms with van der Waals surface area (Å²) >= 11 is 5.79. The van der Waals surface area contributed by atoms with Gasteiger partial charge in [0, 0.05) is 10.6 Å². The first-order valence-corrected chi connectivity index (χ1v) is 6.81. The van der Waals surface area contributed by atoms with Gasteiger partial charge < -0.3 is 0 Å². The van der Waals surface area contributed by atoms with E-state index in [1.807, 2.05) is 0 Å². The molecule has 1 saturated heterocycles. The summed E-state index contributed by atoms with van der Waals surface area (Å²) in [6, 6.07) is 12.3. The summed E-state index contributed by atoms with van der Waals surface area (Å²) in [6.45, 7) is 0. The Bertz CT molecular complexity index is 787. The molecule has 0 saturated carbocycles. The van der Waals surface area contributed by atoms with E-state index in [0.717, 1.165) is 5.01 Å². The van der Waals surface area contributed by atoms with Crippen LogP contribution in [0, 0.1) is 5.82 Å². The molecular weight excluding hydrogens is 307 g/mol. The molecule has 1 fully saturated rings. The van der Waals surface area contributed by atoms with Gasteiger partial charge in [0.2, 0.25) is 0 Å². The van der Waals surface area contributed by atoms with Crippen LogP contribution in [0.5, 0.6) is 0 Å². The minimum absolute atomic E-state index is 0.125. The van der Waals surface area contributed by atoms with Crippen LogP contribution in [-0.2, 0) is 9.59 Å². The van der Waals surface area contributed by atoms with E-state index in [1.54, 1.807) is 30.3 Å². The van der Waals surface area contributed by atoms with Crippen LogP contribution in [0.2, 0.25) is 5.02 Å². The third kappa shape index (κ3) is 2.58. The molecule has 22 heavy (non-hydrogen) atoms. The van der Waals surface area contributed by atoms with Crippen LogP contribution in [0.4, 0.5) is 10.1 Å². The third-order valence-corrected chi connectivity index (χ3v) is 3.43. The molecule has 1 N–H and O–H groups in total. The van der Waals surface area contributed by atoms with E-state index in [-0.39, 0.29) is 11.1 Å². The number of rotatable bonds is 2. The Labute approximate surface area is 130 Å². The number of hydrogen-bond donors (Lipinski definition) is 1. The second-order valence-electron chi connectivity index (χ2n) is 4.64. The Morgan fingerprint density at radius 2 is 1.73 bits per heavy atom. The van der Waals surface area contributed by atoms with Gasteiger partial charge in [-0.3, -0.25) is 15.0 Å². The number of anilines is 1. The molecule has 0 aromatic heterocycles. The number of carbonyl (C=O) groups excluding carboxylic acids is 2. The van der Waals surface area contributed by atoms with Crippen LogP contribution in [0.25, 0.3) is 6.08 Å². The Morgan fingerprint density at radius 3 is 2.41 bits per heavy atom. The van der Waals surface area contributed by atoms with Gasteiger partial charge >= 0.3 is 0 Å². The molecule has 110 valence electrons. The number of hydrogen-bond acceptors (Lipinski definition) is 2. The first kappa shape index (κ1) is 14.3. The van der Waals surface area contributed by atoms with Crippen LogP contribution in [0.1, 0.15) is 5.56 Å². The number of carbonyl (C=O) groups is 2. The predicted molar refractivity (Wildman–Crippen MR) is 81.5 cm³/mol. The number of benzene rings is 2. The molecule has 0 unspecified atom stereocenters. The zero-order valence-corrected chi connectivity index (χ0v) is 12.0. The maximum absolute atomic E-state index is 13.6. The molecular formula is C16H10ClFN2O2. The lowest BCUT2D eigenvalue weighted by molar-refractivity contribution is -0.117. The van der Waals surface area contributed by atoms with E-state index in [9.17, 15) is 14.0 Å². The van der Waals surface area contributed by atoms with Gasteiger partial charge in [-0.2, -0.15) is 0 Å². The highest BCUT2D eigenvalue weighted by molar-refractivity contribution is 6.32. The van der Waals surface area contributed by atoms with Crippen molar-refractivity contribution in [2.45, 2.75) is 0 Å². The summed E-state index contributed by atoms with van der Waals surface area (Å²) < 4.78 is 13.6. The van der Waals surface area contributed by atoms with Crippen molar-refractivity contribution in [1.82, 2.24) is 5.43 Å². The zero-order chi connectivity index (χ0) is 15.7. The molecule has 0 aliphatic carbocycles. The maximum Gasteiger partial charge on any atom is 0.282 e. The fourth-order valence-electron chi connectivity index (χ4n) is 2.08. The maximum atomic E-state index is 13.6. The molecule has 3 rings (SSSR count). The largest absolute Gasteiger partial charge is 0.282 e. The first-order chi connectivity index (χ1) is 10.6. The molecule has 2 amide bonds. The lowest BCUT2D eigenvalue weighted by Gasteiger charge is -2.14. The highest BCUT2D eigenvalue weighted by atomic mass is 35.5. The molecule has 2 aromatic rings. The van der Waals surface area contributed by atoms with Gasteiger partial charge in [0.05, 0.1) is 5.69 Å². The van der Waals surface area contributed by atoms with Crippen molar-refractivity contribution in [3.8, 4) is 0 Å². The minimum atomic E-state index is -0.580. The second kappa shape index (κ2) is 5.61. The fraction of sp³-hybridized carbons (Fsp3) is 0. The van der Waals surface area contributed by atoms with E-state index in [0.29, 0.717) is 10.7 Å². The van der Waals surface area contributed by atoms with Crippen LogP contribution >= 0.6 is 11.6 Å². The Kier molecular flexibility index (Phi) is 3.65. The Hall–Kier alpha value is -2.66. The standard InChI is InChI=1S/C16H10ClFN2O2/c17-11-5-7-12(8-6-11)20-16(22)13(15(21)19-20)9-10-3-1-2-4-14(10)18/h1-9H,(H,19,21). The van der Waals surface area contributed by atoms with Crippen molar-refractivity contribution < 1.29 is 14.0 Å². The van der Waals surface area contributed by atoms with Gasteiger partial charge in [-0.25, -0.2) is 9.40 Å². The molecule has 4 nitrogen and oxygen atoms in total. The van der Waals surface area contributed by atoms with Crippen molar-refractivity contribution in [1.29, 1.82) is 0 Å². The number of amides is 2. The Balaban J connectivity index is 1.95. The van der Waals surface area contributed by atoms with Crippen molar-refractivity contribution in [3.63, 3.8) is 0 Å². The lowest BCUT2D eigenvalue weighted by atomic mass is 10.1. The van der Waals surface area contributed by atoms with Crippen molar-refractivity contribution in [3.05, 3.63) is 70.5 Å².